The second-order valence-electron chi connectivity index (χ2n) is 9.33. The summed E-state index contributed by atoms with van der Waals surface area (Å²) >= 11 is 6.07. The highest BCUT2D eigenvalue weighted by atomic mass is 35.5. The van der Waals surface area contributed by atoms with Crippen molar-refractivity contribution in [3.8, 4) is 11.1 Å². The number of benzene rings is 2. The zero-order valence-corrected chi connectivity index (χ0v) is 22.4. The number of nitrogens with zero attached hydrogens (tertiary/aromatic N) is 4. The van der Waals surface area contributed by atoms with Crippen molar-refractivity contribution in [3.05, 3.63) is 65.1 Å². The highest BCUT2D eigenvalue weighted by molar-refractivity contribution is 7.92. The normalized spacial score (nSPS) is 14.6. The maximum Gasteiger partial charge on any atom is 0.265 e. The van der Waals surface area contributed by atoms with E-state index in [1.165, 1.54) is 31.4 Å². The third-order valence-electron chi connectivity index (χ3n) is 6.72. The molecule has 10 heteroatoms. The predicted molar refractivity (Wildman–Crippen MR) is 147 cm³/mol. The standard InChI is InChI=1S/C27H29ClN6O2S/c1-3-18-13-19(14-20-15-29-26(33-25(18)20)32-21-9-5-4-6-10-21)22-16-30-27(31-17(22)2)34-37(35,36)24-12-8-7-11-23(24)28/h7-8,11-16,21H,3-6,9-10H2,1-2H3,(H,29,32,33)(H,30,31,34). The summed E-state index contributed by atoms with van der Waals surface area (Å²) in [6.07, 6.45) is 10.4. The molecule has 5 rings (SSSR count). The van der Waals surface area contributed by atoms with E-state index in [1.807, 2.05) is 19.2 Å². The van der Waals surface area contributed by atoms with Crippen molar-refractivity contribution in [3.63, 3.8) is 0 Å². The van der Waals surface area contributed by atoms with Crippen LogP contribution in [0.2, 0.25) is 5.02 Å². The first-order valence-corrected chi connectivity index (χ1v) is 14.4. The first-order chi connectivity index (χ1) is 17.8. The van der Waals surface area contributed by atoms with Gasteiger partial charge in [-0.1, -0.05) is 49.9 Å². The number of nitrogens with one attached hydrogen (secondary N) is 2. The van der Waals surface area contributed by atoms with E-state index in [-0.39, 0.29) is 15.9 Å². The molecule has 0 atom stereocenters. The molecule has 4 aromatic rings. The molecule has 0 bridgehead atoms. The van der Waals surface area contributed by atoms with Crippen molar-refractivity contribution in [1.29, 1.82) is 0 Å². The molecule has 1 saturated carbocycles. The van der Waals surface area contributed by atoms with E-state index < -0.39 is 10.0 Å². The molecule has 2 heterocycles. The van der Waals surface area contributed by atoms with E-state index in [0.29, 0.717) is 17.7 Å². The summed E-state index contributed by atoms with van der Waals surface area (Å²) in [6, 6.07) is 10.8. The maximum absolute atomic E-state index is 12.8. The van der Waals surface area contributed by atoms with Crippen LogP contribution in [-0.2, 0) is 16.4 Å². The van der Waals surface area contributed by atoms with Crippen LogP contribution in [-0.4, -0.2) is 34.4 Å². The van der Waals surface area contributed by atoms with Gasteiger partial charge in [0.2, 0.25) is 11.9 Å². The minimum absolute atomic E-state index is 0.0144. The smallest absolute Gasteiger partial charge is 0.265 e. The number of halogens is 1. The van der Waals surface area contributed by atoms with Gasteiger partial charge < -0.3 is 5.32 Å². The minimum Gasteiger partial charge on any atom is -0.351 e. The molecular formula is C27H29ClN6O2S. The van der Waals surface area contributed by atoms with E-state index in [9.17, 15) is 8.42 Å². The minimum atomic E-state index is -3.92. The Morgan fingerprint density at radius 2 is 1.76 bits per heavy atom. The van der Waals surface area contributed by atoms with Crippen LogP contribution in [0.1, 0.15) is 50.3 Å². The fraction of sp³-hybridized carbons (Fsp3) is 0.333. The fourth-order valence-electron chi connectivity index (χ4n) is 4.78. The topological polar surface area (TPSA) is 110 Å². The van der Waals surface area contributed by atoms with E-state index in [2.05, 4.69) is 38.0 Å². The van der Waals surface area contributed by atoms with Crippen molar-refractivity contribution in [2.75, 3.05) is 10.0 Å². The molecule has 1 fully saturated rings. The SMILES string of the molecule is CCc1cc(-c2cnc(NS(=O)(=O)c3ccccc3Cl)nc2C)cc2cnc(NC3CCCCC3)nc12. The quantitative estimate of drug-likeness (QED) is 0.291. The van der Waals surface area contributed by atoms with Crippen LogP contribution in [0.15, 0.2) is 53.7 Å². The number of hydrogen-bond donors (Lipinski definition) is 2. The summed E-state index contributed by atoms with van der Waals surface area (Å²) in [4.78, 5) is 18.1. The maximum atomic E-state index is 12.8. The van der Waals surface area contributed by atoms with Crippen molar-refractivity contribution >= 4 is 44.4 Å². The van der Waals surface area contributed by atoms with Crippen molar-refractivity contribution in [1.82, 2.24) is 19.9 Å². The molecule has 0 saturated heterocycles. The van der Waals surface area contributed by atoms with Gasteiger partial charge in [-0.15, -0.1) is 0 Å². The molecule has 37 heavy (non-hydrogen) atoms. The fourth-order valence-corrected chi connectivity index (χ4v) is 6.25. The van der Waals surface area contributed by atoms with Crippen LogP contribution >= 0.6 is 11.6 Å². The van der Waals surface area contributed by atoms with Crippen molar-refractivity contribution in [2.45, 2.75) is 63.3 Å². The molecule has 0 aliphatic heterocycles. The number of aryl methyl sites for hydroxylation is 2. The first-order valence-electron chi connectivity index (χ1n) is 12.5. The van der Waals surface area contributed by atoms with Gasteiger partial charge in [0, 0.05) is 29.4 Å². The molecule has 8 nitrogen and oxygen atoms in total. The zero-order chi connectivity index (χ0) is 26.0. The van der Waals surface area contributed by atoms with Gasteiger partial charge in [0.1, 0.15) is 4.90 Å². The van der Waals surface area contributed by atoms with Crippen molar-refractivity contribution < 1.29 is 8.42 Å². The molecule has 2 aromatic heterocycles. The van der Waals surface area contributed by atoms with E-state index in [1.54, 1.807) is 18.3 Å². The molecule has 0 spiro atoms. The monoisotopic (exact) mass is 536 g/mol. The van der Waals surface area contributed by atoms with E-state index >= 15 is 0 Å². The van der Waals surface area contributed by atoms with Gasteiger partial charge >= 0.3 is 0 Å². The van der Waals surface area contributed by atoms with Crippen LogP contribution in [0, 0.1) is 6.92 Å². The summed E-state index contributed by atoms with van der Waals surface area (Å²) in [5, 5.41) is 4.58. The number of anilines is 2. The Hall–Kier alpha value is -3.30. The number of hydrogen-bond acceptors (Lipinski definition) is 7. The molecule has 192 valence electrons. The lowest BCUT2D eigenvalue weighted by atomic mass is 9.96. The van der Waals surface area contributed by atoms with E-state index in [0.717, 1.165) is 46.9 Å². The second-order valence-corrected chi connectivity index (χ2v) is 11.4. The Balaban J connectivity index is 1.43. The molecule has 2 N–H and O–H groups in total. The van der Waals surface area contributed by atoms with Crippen LogP contribution in [0.3, 0.4) is 0 Å². The number of aromatic nitrogens is 4. The van der Waals surface area contributed by atoms with Crippen LogP contribution in [0.4, 0.5) is 11.9 Å². The largest absolute Gasteiger partial charge is 0.351 e. The Kier molecular flexibility index (Phi) is 7.26. The summed E-state index contributed by atoms with van der Waals surface area (Å²) < 4.78 is 28.0. The van der Waals surface area contributed by atoms with Crippen molar-refractivity contribution in [2.24, 2.45) is 0 Å². The second kappa shape index (κ2) is 10.6. The third kappa shape index (κ3) is 5.52. The first kappa shape index (κ1) is 25.4. The molecule has 2 aromatic carbocycles. The number of sulfonamides is 1. The van der Waals surface area contributed by atoms with Gasteiger partial charge in [0.15, 0.2) is 0 Å². The van der Waals surface area contributed by atoms with E-state index in [4.69, 9.17) is 16.6 Å². The summed E-state index contributed by atoms with van der Waals surface area (Å²) in [5.41, 5.74) is 4.41. The highest BCUT2D eigenvalue weighted by Crippen LogP contribution is 2.30. The lowest BCUT2D eigenvalue weighted by molar-refractivity contribution is 0.461. The van der Waals surface area contributed by atoms with Gasteiger partial charge in [-0.2, -0.15) is 0 Å². The van der Waals surface area contributed by atoms with Gasteiger partial charge in [-0.3, -0.25) is 0 Å². The Labute approximate surface area is 222 Å². The van der Waals surface area contributed by atoms with Gasteiger partial charge in [-0.05, 0) is 61.6 Å². The van der Waals surface area contributed by atoms with Gasteiger partial charge in [0.05, 0.1) is 16.2 Å². The average Bonchev–Trinajstić information content (AvgIpc) is 2.89. The Bertz CT molecular complexity index is 1550. The number of rotatable bonds is 7. The third-order valence-corrected chi connectivity index (χ3v) is 8.55. The van der Waals surface area contributed by atoms with Crippen LogP contribution in [0.5, 0.6) is 0 Å². The average molecular weight is 537 g/mol. The number of fused-ring (bicyclic) bond motifs is 1. The van der Waals surface area contributed by atoms with Gasteiger partial charge in [-0.25, -0.2) is 33.1 Å². The predicted octanol–water partition coefficient (Wildman–Crippen LogP) is 6.16. The molecule has 1 aliphatic carbocycles. The summed E-state index contributed by atoms with van der Waals surface area (Å²) in [7, 11) is -3.92. The lowest BCUT2D eigenvalue weighted by Crippen LogP contribution is -2.23. The molecule has 0 amide bonds. The van der Waals surface area contributed by atoms with Gasteiger partial charge in [0.25, 0.3) is 10.0 Å². The molecule has 0 unspecified atom stereocenters. The summed E-state index contributed by atoms with van der Waals surface area (Å²) in [6.45, 7) is 3.93. The lowest BCUT2D eigenvalue weighted by Gasteiger charge is -2.22. The zero-order valence-electron chi connectivity index (χ0n) is 20.8. The van der Waals surface area contributed by atoms with Crippen LogP contribution < -0.4 is 10.0 Å². The summed E-state index contributed by atoms with van der Waals surface area (Å²) in [5.74, 6) is 0.663. The molecule has 1 aliphatic rings. The molecular weight excluding hydrogens is 508 g/mol. The Morgan fingerprint density at radius 1 is 1.00 bits per heavy atom. The Morgan fingerprint density at radius 3 is 2.49 bits per heavy atom. The van der Waals surface area contributed by atoms with Crippen LogP contribution in [0.25, 0.3) is 22.0 Å². The molecule has 0 radical (unpaired) electrons. The highest BCUT2D eigenvalue weighted by Gasteiger charge is 2.20.